The Hall–Kier alpha value is -4.11. The highest BCUT2D eigenvalue weighted by molar-refractivity contribution is 7.85. The van der Waals surface area contributed by atoms with Crippen molar-refractivity contribution in [3.63, 3.8) is 0 Å². The number of anilines is 1. The number of nitrogen functional groups attached to an aromatic ring is 1. The van der Waals surface area contributed by atoms with Crippen molar-refractivity contribution in [2.75, 3.05) is 11.5 Å². The van der Waals surface area contributed by atoms with Gasteiger partial charge in [0.15, 0.2) is 0 Å². The number of benzene rings is 3. The molecule has 0 spiro atoms. The van der Waals surface area contributed by atoms with Gasteiger partial charge in [-0.1, -0.05) is 42.5 Å². The predicted molar refractivity (Wildman–Crippen MR) is 136 cm³/mol. The van der Waals surface area contributed by atoms with Gasteiger partial charge in [0.2, 0.25) is 5.95 Å². The molecule has 3 N–H and O–H groups in total. The van der Waals surface area contributed by atoms with E-state index in [2.05, 4.69) is 15.0 Å². The number of hydrogen-bond donors (Lipinski definition) is 2. The van der Waals surface area contributed by atoms with E-state index in [4.69, 9.17) is 5.73 Å². The fourth-order valence-electron chi connectivity index (χ4n) is 4.09. The van der Waals surface area contributed by atoms with Crippen molar-refractivity contribution in [2.45, 2.75) is 17.9 Å². The molecule has 5 rings (SSSR count). The van der Waals surface area contributed by atoms with Crippen LogP contribution in [0.1, 0.15) is 6.42 Å². The zero-order valence-electron chi connectivity index (χ0n) is 18.6. The maximum atomic E-state index is 15.0. The highest BCUT2D eigenvalue weighted by Gasteiger charge is 2.15. The van der Waals surface area contributed by atoms with E-state index in [0.29, 0.717) is 45.9 Å². The number of H-pyrrole nitrogens is 1. The van der Waals surface area contributed by atoms with Gasteiger partial charge in [0, 0.05) is 40.7 Å². The Balaban J connectivity index is 1.35. The number of fused-ring (bicyclic) bond motifs is 1. The van der Waals surface area contributed by atoms with Crippen molar-refractivity contribution >= 4 is 27.8 Å². The molecule has 0 fully saturated rings. The lowest BCUT2D eigenvalue weighted by Crippen LogP contribution is -2.18. The molecule has 1 unspecified atom stereocenters. The summed E-state index contributed by atoms with van der Waals surface area (Å²) in [6.45, 7) is 0.448. The number of hydrogen-bond acceptors (Lipinski definition) is 5. The number of aromatic amines is 1. The summed E-state index contributed by atoms with van der Waals surface area (Å²) < 4.78 is 29.9. The molecule has 0 radical (unpaired) electrons. The Kier molecular flexibility index (Phi) is 6.24. The zero-order valence-corrected chi connectivity index (χ0v) is 19.5. The average molecular weight is 488 g/mol. The number of rotatable bonds is 7. The number of para-hydroxylation sites is 2. The second-order valence-corrected chi connectivity index (χ2v) is 9.56. The molecule has 0 bridgehead atoms. The van der Waals surface area contributed by atoms with Gasteiger partial charge in [-0.25, -0.2) is 19.2 Å². The van der Waals surface area contributed by atoms with Gasteiger partial charge in [0.1, 0.15) is 5.82 Å². The second kappa shape index (κ2) is 9.63. The lowest BCUT2D eigenvalue weighted by molar-refractivity contribution is 0.631. The molecule has 35 heavy (non-hydrogen) atoms. The lowest BCUT2D eigenvalue weighted by Gasteiger charge is -2.11. The summed E-state index contributed by atoms with van der Waals surface area (Å²) in [5.41, 5.74) is 9.15. The van der Waals surface area contributed by atoms with Crippen LogP contribution in [0.25, 0.3) is 33.3 Å². The first-order chi connectivity index (χ1) is 17.0. The third-order valence-corrected chi connectivity index (χ3v) is 7.29. The van der Waals surface area contributed by atoms with Crippen LogP contribution in [0.4, 0.5) is 10.3 Å². The second-order valence-electron chi connectivity index (χ2n) is 8.02. The van der Waals surface area contributed by atoms with Crippen LogP contribution in [-0.4, -0.2) is 29.5 Å². The normalized spacial score (nSPS) is 12.1. The first-order valence-corrected chi connectivity index (χ1v) is 12.4. The van der Waals surface area contributed by atoms with Crippen molar-refractivity contribution in [1.82, 2.24) is 19.5 Å². The monoisotopic (exact) mass is 487 g/mol. The predicted octanol–water partition coefficient (Wildman–Crippen LogP) is 4.37. The van der Waals surface area contributed by atoms with Crippen LogP contribution >= 0.6 is 0 Å². The zero-order chi connectivity index (χ0) is 24.4. The number of aryl methyl sites for hydroxylation is 1. The molecule has 3 aromatic carbocycles. The van der Waals surface area contributed by atoms with Gasteiger partial charge in [0.05, 0.1) is 21.8 Å². The van der Waals surface area contributed by atoms with E-state index in [0.717, 1.165) is 11.0 Å². The number of halogens is 1. The first kappa shape index (κ1) is 22.7. The Labute approximate surface area is 202 Å². The molecular formula is C26H22FN5O2S. The molecule has 2 heterocycles. The van der Waals surface area contributed by atoms with Gasteiger partial charge in [-0.05, 0) is 41.8 Å². The topological polar surface area (TPSA) is 107 Å². The summed E-state index contributed by atoms with van der Waals surface area (Å²) in [6.07, 6.45) is 3.50. The average Bonchev–Trinajstić information content (AvgIpc) is 3.19. The van der Waals surface area contributed by atoms with Gasteiger partial charge < -0.3 is 10.7 Å². The van der Waals surface area contributed by atoms with E-state index in [1.165, 1.54) is 18.5 Å². The minimum absolute atomic E-state index is 0.122. The van der Waals surface area contributed by atoms with Gasteiger partial charge in [0.25, 0.3) is 0 Å². The van der Waals surface area contributed by atoms with Crippen LogP contribution in [0.3, 0.4) is 0 Å². The van der Waals surface area contributed by atoms with Crippen LogP contribution in [0.15, 0.2) is 88.8 Å². The quantitative estimate of drug-likeness (QED) is 0.355. The largest absolute Gasteiger partial charge is 0.368 e. The minimum Gasteiger partial charge on any atom is -0.368 e. The number of imidazole rings is 1. The molecule has 0 saturated heterocycles. The molecule has 0 aliphatic heterocycles. The third-order valence-electron chi connectivity index (χ3n) is 5.79. The van der Waals surface area contributed by atoms with Crippen molar-refractivity contribution in [3.05, 3.63) is 95.4 Å². The summed E-state index contributed by atoms with van der Waals surface area (Å²) in [7, 11) is -1.33. The van der Waals surface area contributed by atoms with E-state index in [-0.39, 0.29) is 11.6 Å². The SMILES string of the molecule is Nc1ncc(-c2ccc(-c3ccccc3S(=O)CCCn3c(=O)[nH]c4ccccc43)cc2F)cn1. The van der Waals surface area contributed by atoms with Crippen molar-refractivity contribution in [3.8, 4) is 22.3 Å². The molecule has 9 heteroatoms. The van der Waals surface area contributed by atoms with Crippen LogP contribution in [0.2, 0.25) is 0 Å². The smallest absolute Gasteiger partial charge is 0.326 e. The maximum absolute atomic E-state index is 15.0. The molecule has 176 valence electrons. The lowest BCUT2D eigenvalue weighted by atomic mass is 10.0. The molecule has 1 atom stereocenters. The molecule has 2 aromatic heterocycles. The van der Waals surface area contributed by atoms with Crippen LogP contribution < -0.4 is 11.4 Å². The standard InChI is InChI=1S/C26H22FN5O2S/c27-21-14-17(10-11-19(21)18-15-29-25(28)30-16-18)20-6-1-4-9-24(20)35(34)13-5-12-32-23-8-3-2-7-22(23)31-26(32)33/h1-4,6-11,14-16H,5,12-13H2,(H,31,33)(H2,28,29,30). The summed E-state index contributed by atoms with van der Waals surface area (Å²) in [4.78, 5) is 23.6. The van der Waals surface area contributed by atoms with Crippen molar-refractivity contribution in [2.24, 2.45) is 0 Å². The van der Waals surface area contributed by atoms with E-state index in [1.807, 2.05) is 42.5 Å². The van der Waals surface area contributed by atoms with Crippen LogP contribution in [0.5, 0.6) is 0 Å². The molecular weight excluding hydrogens is 465 g/mol. The first-order valence-electron chi connectivity index (χ1n) is 11.0. The summed E-state index contributed by atoms with van der Waals surface area (Å²) >= 11 is 0. The highest BCUT2D eigenvalue weighted by atomic mass is 32.2. The van der Waals surface area contributed by atoms with E-state index < -0.39 is 16.6 Å². The summed E-state index contributed by atoms with van der Waals surface area (Å²) in [5.74, 6) is 0.0543. The Morgan fingerprint density at radius 1 is 0.943 bits per heavy atom. The van der Waals surface area contributed by atoms with Crippen molar-refractivity contribution in [1.29, 1.82) is 0 Å². The number of nitrogens with one attached hydrogen (secondary N) is 1. The number of aromatic nitrogens is 4. The molecule has 0 saturated carbocycles. The van der Waals surface area contributed by atoms with Gasteiger partial charge in [-0.15, -0.1) is 0 Å². The van der Waals surface area contributed by atoms with Gasteiger partial charge in [-0.2, -0.15) is 0 Å². The van der Waals surface area contributed by atoms with Crippen molar-refractivity contribution < 1.29 is 8.60 Å². The molecule has 0 aliphatic rings. The third kappa shape index (κ3) is 4.63. The van der Waals surface area contributed by atoms with E-state index in [1.54, 1.807) is 22.8 Å². The molecule has 0 amide bonds. The van der Waals surface area contributed by atoms with Crippen LogP contribution in [0, 0.1) is 5.82 Å². The Morgan fingerprint density at radius 3 is 2.49 bits per heavy atom. The maximum Gasteiger partial charge on any atom is 0.326 e. The highest BCUT2D eigenvalue weighted by Crippen LogP contribution is 2.31. The number of nitrogens with two attached hydrogens (primary N) is 1. The van der Waals surface area contributed by atoms with E-state index >= 15 is 0 Å². The van der Waals surface area contributed by atoms with E-state index in [9.17, 15) is 13.4 Å². The molecule has 7 nitrogen and oxygen atoms in total. The Morgan fingerprint density at radius 2 is 1.69 bits per heavy atom. The Bertz CT molecular complexity index is 1590. The van der Waals surface area contributed by atoms with Gasteiger partial charge in [-0.3, -0.25) is 8.78 Å². The van der Waals surface area contributed by atoms with Gasteiger partial charge >= 0.3 is 5.69 Å². The number of nitrogens with zero attached hydrogens (tertiary/aromatic N) is 3. The fraction of sp³-hybridized carbons (Fsp3) is 0.115. The summed E-state index contributed by atoms with van der Waals surface area (Å²) in [5, 5.41) is 0. The molecule has 0 aliphatic carbocycles. The molecule has 5 aromatic rings. The fourth-order valence-corrected chi connectivity index (χ4v) is 5.36. The minimum atomic E-state index is -1.33. The van der Waals surface area contributed by atoms with Crippen LogP contribution in [-0.2, 0) is 17.3 Å². The summed E-state index contributed by atoms with van der Waals surface area (Å²) in [6, 6.07) is 19.6.